The second-order valence-electron chi connectivity index (χ2n) is 10.2. The van der Waals surface area contributed by atoms with Gasteiger partial charge in [-0.25, -0.2) is 9.59 Å². The highest BCUT2D eigenvalue weighted by atomic mass is 16.6. The highest BCUT2D eigenvalue weighted by molar-refractivity contribution is 6.01. The molecule has 0 fully saturated rings. The smallest absolute Gasteiger partial charge is 0.410 e. The van der Waals surface area contributed by atoms with Gasteiger partial charge < -0.3 is 24.8 Å². The molecular weight excluding hydrogens is 496 g/mol. The van der Waals surface area contributed by atoms with E-state index in [1.807, 2.05) is 75.4 Å². The fourth-order valence-electron chi connectivity index (χ4n) is 4.01. The lowest BCUT2D eigenvalue weighted by molar-refractivity contribution is -0.114. The first-order chi connectivity index (χ1) is 18.5. The molecule has 0 spiro atoms. The Hall–Kier alpha value is -4.17. The highest BCUT2D eigenvalue weighted by Crippen LogP contribution is 2.27. The van der Waals surface area contributed by atoms with Crippen LogP contribution in [-0.4, -0.2) is 53.8 Å². The number of rotatable bonds is 9. The van der Waals surface area contributed by atoms with E-state index in [0.29, 0.717) is 18.7 Å². The lowest BCUT2D eigenvalue weighted by Crippen LogP contribution is -2.40. The van der Waals surface area contributed by atoms with Crippen LogP contribution in [0.5, 0.6) is 0 Å². The molecule has 0 aliphatic rings. The normalized spacial score (nSPS) is 11.8. The summed E-state index contributed by atoms with van der Waals surface area (Å²) in [6.07, 6.45) is -0.767. The van der Waals surface area contributed by atoms with Gasteiger partial charge in [-0.05, 0) is 61.6 Å². The predicted octanol–water partition coefficient (Wildman–Crippen LogP) is 5.61. The number of nitrogens with zero attached hydrogens (tertiary/aromatic N) is 1. The number of nitrogens with one attached hydrogen (secondary N) is 1. The lowest BCUT2D eigenvalue weighted by Gasteiger charge is -2.29. The third-order valence-electron chi connectivity index (χ3n) is 5.92. The Morgan fingerprint density at radius 3 is 2.18 bits per heavy atom. The van der Waals surface area contributed by atoms with E-state index in [0.717, 1.165) is 22.3 Å². The van der Waals surface area contributed by atoms with Crippen LogP contribution in [0.25, 0.3) is 11.1 Å². The van der Waals surface area contributed by atoms with Gasteiger partial charge in [0.05, 0.1) is 31.0 Å². The number of hydrogen-bond acceptors (Lipinski definition) is 6. The van der Waals surface area contributed by atoms with Crippen molar-refractivity contribution >= 4 is 23.7 Å². The molecule has 206 valence electrons. The number of ether oxygens (including phenoxy) is 2. The number of methoxy groups -OCH3 is 1. The molecular formula is C31H36N2O6. The summed E-state index contributed by atoms with van der Waals surface area (Å²) in [6, 6.07) is 22.2. The molecule has 0 saturated heterocycles. The summed E-state index contributed by atoms with van der Waals surface area (Å²) in [7, 11) is 1.29. The molecule has 0 aliphatic heterocycles. The van der Waals surface area contributed by atoms with E-state index in [-0.39, 0.29) is 18.0 Å². The number of anilines is 1. The maximum Gasteiger partial charge on any atom is 0.410 e. The fraction of sp³-hybridized carbons (Fsp3) is 0.323. The van der Waals surface area contributed by atoms with Crippen molar-refractivity contribution in [2.45, 2.75) is 45.8 Å². The van der Waals surface area contributed by atoms with E-state index in [9.17, 15) is 19.5 Å². The number of hydrogen-bond donors (Lipinski definition) is 2. The molecule has 0 saturated carbocycles. The van der Waals surface area contributed by atoms with Crippen molar-refractivity contribution in [2.75, 3.05) is 25.5 Å². The molecule has 2 amide bonds. The van der Waals surface area contributed by atoms with Crippen molar-refractivity contribution in [2.24, 2.45) is 0 Å². The predicted molar refractivity (Wildman–Crippen MR) is 150 cm³/mol. The zero-order valence-electron chi connectivity index (χ0n) is 23.1. The Bertz CT molecular complexity index is 1280. The summed E-state index contributed by atoms with van der Waals surface area (Å²) in [5, 5.41) is 13.4. The van der Waals surface area contributed by atoms with Crippen LogP contribution in [0.15, 0.2) is 72.8 Å². The minimum Gasteiger partial charge on any atom is -0.465 e. The Labute approximate surface area is 229 Å². The first-order valence-corrected chi connectivity index (χ1v) is 12.8. The average Bonchev–Trinajstić information content (AvgIpc) is 2.90. The molecule has 39 heavy (non-hydrogen) atoms. The number of carbonyl (C=O) groups excluding carboxylic acids is 3. The van der Waals surface area contributed by atoms with Crippen LogP contribution in [0.3, 0.4) is 0 Å². The lowest BCUT2D eigenvalue weighted by atomic mass is 10.00. The molecule has 3 aromatic rings. The van der Waals surface area contributed by atoms with Crippen molar-refractivity contribution in [1.82, 2.24) is 4.90 Å². The molecule has 1 atom stereocenters. The topological polar surface area (TPSA) is 105 Å². The maximum absolute atomic E-state index is 12.9. The van der Waals surface area contributed by atoms with Crippen LogP contribution in [0.4, 0.5) is 10.5 Å². The van der Waals surface area contributed by atoms with E-state index in [4.69, 9.17) is 9.47 Å². The third kappa shape index (κ3) is 8.68. The number of carbonyl (C=O) groups is 3. The highest BCUT2D eigenvalue weighted by Gasteiger charge is 2.24. The molecule has 0 aromatic heterocycles. The van der Waals surface area contributed by atoms with E-state index < -0.39 is 23.8 Å². The summed E-state index contributed by atoms with van der Waals surface area (Å²) in [5.74, 6) is -0.827. The number of aliphatic hydroxyl groups is 1. The van der Waals surface area contributed by atoms with Gasteiger partial charge in [-0.3, -0.25) is 4.79 Å². The van der Waals surface area contributed by atoms with Gasteiger partial charge in [0, 0.05) is 13.5 Å². The van der Waals surface area contributed by atoms with Gasteiger partial charge in [-0.1, -0.05) is 60.7 Å². The van der Waals surface area contributed by atoms with Crippen LogP contribution < -0.4 is 5.32 Å². The van der Waals surface area contributed by atoms with E-state index in [1.54, 1.807) is 18.2 Å². The van der Waals surface area contributed by atoms with Crippen LogP contribution in [0.2, 0.25) is 0 Å². The summed E-state index contributed by atoms with van der Waals surface area (Å²) in [6.45, 7) is 7.27. The van der Waals surface area contributed by atoms with Crippen LogP contribution in [0.1, 0.15) is 55.3 Å². The third-order valence-corrected chi connectivity index (χ3v) is 5.92. The van der Waals surface area contributed by atoms with Gasteiger partial charge in [0.2, 0.25) is 5.91 Å². The van der Waals surface area contributed by atoms with Gasteiger partial charge in [0.25, 0.3) is 0 Å². The van der Waals surface area contributed by atoms with Crippen molar-refractivity contribution < 1.29 is 29.0 Å². The van der Waals surface area contributed by atoms with Gasteiger partial charge in [0.1, 0.15) is 5.60 Å². The first kappa shape index (κ1) is 29.4. The van der Waals surface area contributed by atoms with Crippen LogP contribution in [0, 0.1) is 0 Å². The van der Waals surface area contributed by atoms with Crippen molar-refractivity contribution in [1.29, 1.82) is 0 Å². The average molecular weight is 533 g/mol. The minimum absolute atomic E-state index is 0.107. The molecule has 8 nitrogen and oxygen atoms in total. The SMILES string of the molecule is COC(=O)c1ccc(-c2ccc(CCN(C[C@@H](O)c3ccccc3)C(=O)OC(C)(C)C)cc2)cc1NC(C)=O. The monoisotopic (exact) mass is 532 g/mol. The molecule has 0 heterocycles. The quantitative estimate of drug-likeness (QED) is 0.347. The van der Waals surface area contributed by atoms with Gasteiger partial charge in [-0.2, -0.15) is 0 Å². The molecule has 0 bridgehead atoms. The van der Waals surface area contributed by atoms with E-state index in [2.05, 4.69) is 5.32 Å². The van der Waals surface area contributed by atoms with E-state index in [1.165, 1.54) is 18.9 Å². The summed E-state index contributed by atoms with van der Waals surface area (Å²) in [4.78, 5) is 38.2. The Kier molecular flexibility index (Phi) is 9.84. The molecule has 0 unspecified atom stereocenters. The zero-order valence-corrected chi connectivity index (χ0v) is 23.1. The van der Waals surface area contributed by atoms with Gasteiger partial charge in [-0.15, -0.1) is 0 Å². The second-order valence-corrected chi connectivity index (χ2v) is 10.2. The molecule has 0 radical (unpaired) electrons. The minimum atomic E-state index is -0.841. The summed E-state index contributed by atoms with van der Waals surface area (Å²) >= 11 is 0. The van der Waals surface area contributed by atoms with Crippen molar-refractivity contribution in [3.8, 4) is 11.1 Å². The molecule has 0 aliphatic carbocycles. The van der Waals surface area contributed by atoms with Crippen LogP contribution >= 0.6 is 0 Å². The van der Waals surface area contributed by atoms with Crippen LogP contribution in [-0.2, 0) is 20.7 Å². The van der Waals surface area contributed by atoms with Crippen molar-refractivity contribution in [3.63, 3.8) is 0 Å². The molecule has 3 aromatic carbocycles. The molecule has 8 heteroatoms. The number of aliphatic hydroxyl groups excluding tert-OH is 1. The first-order valence-electron chi connectivity index (χ1n) is 12.8. The molecule has 2 N–H and O–H groups in total. The Morgan fingerprint density at radius 1 is 0.949 bits per heavy atom. The Morgan fingerprint density at radius 2 is 1.59 bits per heavy atom. The van der Waals surface area contributed by atoms with Crippen molar-refractivity contribution in [3.05, 3.63) is 89.5 Å². The number of amides is 2. The summed E-state index contributed by atoms with van der Waals surface area (Å²) < 4.78 is 10.4. The Balaban J connectivity index is 1.75. The number of esters is 1. The van der Waals surface area contributed by atoms with Gasteiger partial charge >= 0.3 is 12.1 Å². The maximum atomic E-state index is 12.9. The standard InChI is InChI=1S/C31H36N2O6/c1-21(34)32-27-19-25(15-16-26(27)29(36)38-5)23-13-11-22(12-14-23)17-18-33(30(37)39-31(2,3)4)20-28(35)24-9-7-6-8-10-24/h6-16,19,28,35H,17-18,20H2,1-5H3,(H,32,34)/t28-/m1/s1. The summed E-state index contributed by atoms with van der Waals surface area (Å²) in [5.41, 5.74) is 3.43. The zero-order chi connectivity index (χ0) is 28.6. The second kappa shape index (κ2) is 13.1. The largest absolute Gasteiger partial charge is 0.465 e. The molecule has 3 rings (SSSR count). The number of benzene rings is 3. The van der Waals surface area contributed by atoms with Gasteiger partial charge in [0.15, 0.2) is 0 Å². The van der Waals surface area contributed by atoms with E-state index >= 15 is 0 Å². The fourth-order valence-corrected chi connectivity index (χ4v) is 4.01.